The molecule has 0 saturated heterocycles. The lowest BCUT2D eigenvalue weighted by Gasteiger charge is -2.33. The number of amides is 2. The van der Waals surface area contributed by atoms with Gasteiger partial charge in [-0.25, -0.2) is 0 Å². The normalized spacial score (nSPS) is 17.1. The van der Waals surface area contributed by atoms with Crippen LogP contribution in [0.4, 0.5) is 0 Å². The van der Waals surface area contributed by atoms with E-state index in [9.17, 15) is 14.7 Å². The molecule has 1 saturated carbocycles. The van der Waals surface area contributed by atoms with E-state index in [1.165, 1.54) is 24.8 Å². The molecule has 206 valence electrons. The van der Waals surface area contributed by atoms with Crippen molar-refractivity contribution in [2.75, 3.05) is 6.54 Å². The summed E-state index contributed by atoms with van der Waals surface area (Å²) >= 11 is 5.77. The summed E-state index contributed by atoms with van der Waals surface area (Å²) < 4.78 is 0. The van der Waals surface area contributed by atoms with Crippen LogP contribution in [-0.4, -0.2) is 40.1 Å². The van der Waals surface area contributed by atoms with Gasteiger partial charge in [-0.15, -0.1) is 0 Å². The number of nitrogens with two attached hydrogens (primary N) is 1. The molecule has 2 amide bonds. The first-order chi connectivity index (χ1) is 18.3. The average molecular weight is 538 g/mol. The van der Waals surface area contributed by atoms with Crippen LogP contribution in [0.3, 0.4) is 0 Å². The highest BCUT2D eigenvalue weighted by atomic mass is 32.1. The fourth-order valence-corrected chi connectivity index (χ4v) is 5.75. The first kappa shape index (κ1) is 29.8. The van der Waals surface area contributed by atoms with E-state index in [0.717, 1.165) is 37.7 Å². The Balaban J connectivity index is 1.68. The van der Waals surface area contributed by atoms with Crippen LogP contribution in [0.15, 0.2) is 60.7 Å². The molecule has 2 aromatic rings. The van der Waals surface area contributed by atoms with Gasteiger partial charge >= 0.3 is 0 Å². The molecule has 1 aliphatic rings. The smallest absolute Gasteiger partial charge is 0.253 e. The lowest BCUT2D eigenvalue weighted by atomic mass is 9.82. The third-order valence-corrected chi connectivity index (χ3v) is 8.03. The summed E-state index contributed by atoms with van der Waals surface area (Å²) in [5.41, 5.74) is 5.82. The van der Waals surface area contributed by atoms with E-state index in [1.807, 2.05) is 55.5 Å². The molecule has 1 aliphatic carbocycles. The van der Waals surface area contributed by atoms with Gasteiger partial charge in [0.05, 0.1) is 17.5 Å². The highest BCUT2D eigenvalue weighted by molar-refractivity contribution is 7.80. The number of thiocarbonyl (C=S) groups is 1. The number of nitrogens with one attached hydrogen (secondary N) is 2. The summed E-state index contributed by atoms with van der Waals surface area (Å²) in [6, 6.07) is 19.6. The minimum Gasteiger partial charge on any atom is -0.379 e. The fraction of sp³-hybridized carbons (Fsp3) is 0.516. The summed E-state index contributed by atoms with van der Waals surface area (Å²) in [6.45, 7) is 2.63. The van der Waals surface area contributed by atoms with Gasteiger partial charge in [-0.3, -0.25) is 9.59 Å². The van der Waals surface area contributed by atoms with E-state index < -0.39 is 29.9 Å². The highest BCUT2D eigenvalue weighted by Gasteiger charge is 2.41. The van der Waals surface area contributed by atoms with Gasteiger partial charge in [-0.2, -0.15) is 0 Å². The summed E-state index contributed by atoms with van der Waals surface area (Å²) in [5, 5.41) is 17.9. The molecule has 2 aromatic carbocycles. The van der Waals surface area contributed by atoms with E-state index in [1.54, 1.807) is 0 Å². The SMILES string of the molecule is CC(CC(O)(CC(N)=O)C(=O)NC(CC1CCCCC1)C(=S)NCCCc1ccccc1)c1ccccc1. The third-order valence-electron chi connectivity index (χ3n) is 7.60. The number of hydrogen-bond acceptors (Lipinski definition) is 4. The van der Waals surface area contributed by atoms with Gasteiger partial charge in [0.1, 0.15) is 0 Å². The van der Waals surface area contributed by atoms with Crippen molar-refractivity contribution in [3.63, 3.8) is 0 Å². The molecular formula is C31H43N3O3S. The standard InChI is InChI=1S/C31H43N3O3S/c1-23(26-17-9-4-10-18-26)21-31(37,22-28(32)35)30(36)34-27(20-25-14-7-3-8-15-25)29(38)33-19-11-16-24-12-5-2-6-13-24/h2,4-6,9-10,12-13,17-18,23,25,27,37H,3,7-8,11,14-16,19-22H2,1H3,(H2,32,35)(H,33,38)(H,34,36). The van der Waals surface area contributed by atoms with Crippen LogP contribution < -0.4 is 16.4 Å². The Bertz CT molecular complexity index is 1030. The van der Waals surface area contributed by atoms with Crippen LogP contribution in [0.2, 0.25) is 0 Å². The predicted octanol–water partition coefficient (Wildman–Crippen LogP) is 4.79. The summed E-state index contributed by atoms with van der Waals surface area (Å²) in [4.78, 5) is 26.1. The highest BCUT2D eigenvalue weighted by Crippen LogP contribution is 2.30. The molecule has 1 fully saturated rings. The molecule has 7 heteroatoms. The van der Waals surface area contributed by atoms with Gasteiger partial charge in [0, 0.05) is 6.54 Å². The van der Waals surface area contributed by atoms with Crippen LogP contribution in [0, 0.1) is 5.92 Å². The van der Waals surface area contributed by atoms with Crippen LogP contribution >= 0.6 is 12.2 Å². The monoisotopic (exact) mass is 537 g/mol. The van der Waals surface area contributed by atoms with Crippen molar-refractivity contribution < 1.29 is 14.7 Å². The second-order valence-electron chi connectivity index (χ2n) is 10.8. The number of aliphatic hydroxyl groups is 1. The Labute approximate surface area is 232 Å². The number of benzene rings is 2. The molecular weight excluding hydrogens is 494 g/mol. The molecule has 6 nitrogen and oxygen atoms in total. The molecule has 0 aliphatic heterocycles. The number of primary amides is 1. The van der Waals surface area contributed by atoms with E-state index in [-0.39, 0.29) is 12.3 Å². The second-order valence-corrected chi connectivity index (χ2v) is 11.3. The molecule has 0 aromatic heterocycles. The molecule has 3 unspecified atom stereocenters. The summed E-state index contributed by atoms with van der Waals surface area (Å²) in [6.07, 6.45) is 8.04. The maximum Gasteiger partial charge on any atom is 0.253 e. The number of aryl methyl sites for hydroxylation is 1. The summed E-state index contributed by atoms with van der Waals surface area (Å²) in [7, 11) is 0. The minimum atomic E-state index is -1.92. The van der Waals surface area contributed by atoms with Gasteiger partial charge < -0.3 is 21.5 Å². The van der Waals surface area contributed by atoms with Crippen molar-refractivity contribution in [2.24, 2.45) is 11.7 Å². The Hall–Kier alpha value is -2.77. The van der Waals surface area contributed by atoms with Gasteiger partial charge in [0.2, 0.25) is 5.91 Å². The van der Waals surface area contributed by atoms with Gasteiger partial charge in [0.25, 0.3) is 5.91 Å². The molecule has 0 heterocycles. The zero-order valence-electron chi connectivity index (χ0n) is 22.5. The average Bonchev–Trinajstić information content (AvgIpc) is 2.91. The Morgan fingerprint density at radius 1 is 1.05 bits per heavy atom. The summed E-state index contributed by atoms with van der Waals surface area (Å²) in [5.74, 6) is -0.988. The third kappa shape index (κ3) is 9.52. The minimum absolute atomic E-state index is 0.0825. The Morgan fingerprint density at radius 3 is 2.32 bits per heavy atom. The van der Waals surface area contributed by atoms with Crippen molar-refractivity contribution in [2.45, 2.75) is 88.7 Å². The van der Waals surface area contributed by atoms with Gasteiger partial charge in [-0.1, -0.05) is 112 Å². The maximum absolute atomic E-state index is 13.6. The van der Waals surface area contributed by atoms with Crippen molar-refractivity contribution in [3.8, 4) is 0 Å². The Morgan fingerprint density at radius 2 is 1.68 bits per heavy atom. The van der Waals surface area contributed by atoms with Gasteiger partial charge in [0.15, 0.2) is 5.60 Å². The first-order valence-electron chi connectivity index (χ1n) is 13.9. The largest absolute Gasteiger partial charge is 0.379 e. The van der Waals surface area contributed by atoms with Crippen LogP contribution in [-0.2, 0) is 16.0 Å². The lowest BCUT2D eigenvalue weighted by Crippen LogP contribution is -2.56. The number of carbonyl (C=O) groups excluding carboxylic acids is 2. The van der Waals surface area contributed by atoms with Crippen molar-refractivity contribution in [3.05, 3.63) is 71.8 Å². The second kappa shape index (κ2) is 15.0. The van der Waals surface area contributed by atoms with E-state index >= 15 is 0 Å². The van der Waals surface area contributed by atoms with E-state index in [4.69, 9.17) is 18.0 Å². The van der Waals surface area contributed by atoms with E-state index in [2.05, 4.69) is 22.8 Å². The Kier molecular flexibility index (Phi) is 11.7. The first-order valence-corrected chi connectivity index (χ1v) is 14.4. The topological polar surface area (TPSA) is 104 Å². The molecule has 38 heavy (non-hydrogen) atoms. The molecule has 5 N–H and O–H groups in total. The molecule has 0 bridgehead atoms. The quantitative estimate of drug-likeness (QED) is 0.205. The fourth-order valence-electron chi connectivity index (χ4n) is 5.49. The van der Waals surface area contributed by atoms with Crippen LogP contribution in [0.5, 0.6) is 0 Å². The molecule has 3 rings (SSSR count). The van der Waals surface area contributed by atoms with Crippen LogP contribution in [0.25, 0.3) is 0 Å². The number of hydrogen-bond donors (Lipinski definition) is 4. The van der Waals surface area contributed by atoms with Crippen molar-refractivity contribution in [1.29, 1.82) is 0 Å². The number of rotatable bonds is 14. The van der Waals surface area contributed by atoms with Crippen LogP contribution in [0.1, 0.15) is 81.8 Å². The lowest BCUT2D eigenvalue weighted by molar-refractivity contribution is -0.146. The van der Waals surface area contributed by atoms with E-state index in [0.29, 0.717) is 17.5 Å². The molecule has 3 atom stereocenters. The molecule has 0 spiro atoms. The van der Waals surface area contributed by atoms with Gasteiger partial charge in [-0.05, 0) is 48.6 Å². The maximum atomic E-state index is 13.6. The number of carbonyl (C=O) groups is 2. The van der Waals surface area contributed by atoms with Crippen molar-refractivity contribution >= 4 is 29.0 Å². The molecule has 0 radical (unpaired) electrons. The zero-order chi connectivity index (χ0) is 27.4. The predicted molar refractivity (Wildman–Crippen MR) is 157 cm³/mol. The van der Waals surface area contributed by atoms with Crippen molar-refractivity contribution in [1.82, 2.24) is 10.6 Å². The zero-order valence-corrected chi connectivity index (χ0v) is 23.3.